The van der Waals surface area contributed by atoms with Crippen LogP contribution < -0.4 is 10.4 Å². The first kappa shape index (κ1) is 24.1. The topological polar surface area (TPSA) is 72.6 Å². The minimum Gasteiger partial charge on any atom is -0.474 e. The SMILES string of the molecule is CCN(C(C)=O)C1CCN(C2CCC(n3ccn(-c4ccc(OC5CCCC5)nc4)c3=O)CC2)C1. The second kappa shape index (κ2) is 10.6. The molecule has 3 fully saturated rings. The first-order valence-electron chi connectivity index (χ1n) is 13.5. The summed E-state index contributed by atoms with van der Waals surface area (Å²) in [5.74, 6) is 0.819. The lowest BCUT2D eigenvalue weighted by Crippen LogP contribution is -2.43. The van der Waals surface area contributed by atoms with Gasteiger partial charge >= 0.3 is 5.69 Å². The highest BCUT2D eigenvalue weighted by Gasteiger charge is 2.34. The second-order valence-corrected chi connectivity index (χ2v) is 10.4. The minimum absolute atomic E-state index is 0.000920. The molecule has 190 valence electrons. The van der Waals surface area contributed by atoms with E-state index in [1.54, 1.807) is 17.7 Å². The molecule has 1 atom stereocenters. The Morgan fingerprint density at radius 2 is 1.80 bits per heavy atom. The highest BCUT2D eigenvalue weighted by atomic mass is 16.5. The molecule has 3 heterocycles. The van der Waals surface area contributed by atoms with E-state index in [9.17, 15) is 9.59 Å². The maximum atomic E-state index is 13.2. The number of carbonyl (C=O) groups is 1. The van der Waals surface area contributed by atoms with Gasteiger partial charge in [-0.25, -0.2) is 9.78 Å². The van der Waals surface area contributed by atoms with Crippen LogP contribution in [0.4, 0.5) is 0 Å². The molecule has 0 N–H and O–H groups in total. The summed E-state index contributed by atoms with van der Waals surface area (Å²) < 4.78 is 9.55. The van der Waals surface area contributed by atoms with E-state index in [4.69, 9.17) is 4.74 Å². The summed E-state index contributed by atoms with van der Waals surface area (Å²) in [6, 6.07) is 4.93. The van der Waals surface area contributed by atoms with Gasteiger partial charge < -0.3 is 9.64 Å². The zero-order chi connectivity index (χ0) is 24.4. The fraction of sp³-hybridized carbons (Fsp3) is 0.667. The zero-order valence-corrected chi connectivity index (χ0v) is 21.1. The summed E-state index contributed by atoms with van der Waals surface area (Å²) in [6.45, 7) is 6.57. The molecule has 3 aliphatic rings. The van der Waals surface area contributed by atoms with Crippen molar-refractivity contribution in [3.8, 4) is 11.6 Å². The smallest absolute Gasteiger partial charge is 0.333 e. The molecule has 8 nitrogen and oxygen atoms in total. The average Bonchev–Trinajstić information content (AvgIpc) is 3.62. The van der Waals surface area contributed by atoms with Crippen LogP contribution in [-0.2, 0) is 4.79 Å². The van der Waals surface area contributed by atoms with Crippen molar-refractivity contribution in [3.63, 3.8) is 0 Å². The van der Waals surface area contributed by atoms with Gasteiger partial charge in [-0.1, -0.05) is 0 Å². The van der Waals surface area contributed by atoms with Gasteiger partial charge in [0, 0.05) is 63.1 Å². The number of rotatable bonds is 7. The number of aromatic nitrogens is 3. The Kier molecular flexibility index (Phi) is 7.27. The van der Waals surface area contributed by atoms with E-state index in [0.717, 1.165) is 70.3 Å². The standard InChI is InChI=1S/C27H39N5O3/c1-3-30(20(2)33)24-14-15-29(19-24)21-8-10-22(11-9-21)31-16-17-32(27(31)34)23-12-13-26(28-18-23)35-25-6-4-5-7-25/h12-13,16-18,21-22,24-25H,3-11,14-15,19H2,1-2H3. The van der Waals surface area contributed by atoms with Crippen molar-refractivity contribution in [1.82, 2.24) is 23.9 Å². The molecule has 0 bridgehead atoms. The molecule has 2 aromatic heterocycles. The molecule has 5 rings (SSSR count). The molecule has 2 saturated carbocycles. The van der Waals surface area contributed by atoms with Crippen molar-refractivity contribution in [2.45, 2.75) is 95.9 Å². The predicted molar refractivity (Wildman–Crippen MR) is 135 cm³/mol. The molecule has 0 spiro atoms. The monoisotopic (exact) mass is 481 g/mol. The van der Waals surface area contributed by atoms with Crippen LogP contribution in [0.25, 0.3) is 5.69 Å². The van der Waals surface area contributed by atoms with Gasteiger partial charge in [0.2, 0.25) is 11.8 Å². The Balaban J connectivity index is 1.17. The van der Waals surface area contributed by atoms with Crippen LogP contribution in [0.15, 0.2) is 35.5 Å². The zero-order valence-electron chi connectivity index (χ0n) is 21.1. The number of likely N-dealkylation sites (tertiary alicyclic amines) is 1. The van der Waals surface area contributed by atoms with Crippen molar-refractivity contribution in [1.29, 1.82) is 0 Å². The Hall–Kier alpha value is -2.61. The molecule has 2 aliphatic carbocycles. The maximum absolute atomic E-state index is 13.2. The molecule has 1 aliphatic heterocycles. The number of carbonyl (C=O) groups excluding carboxylic acids is 1. The van der Waals surface area contributed by atoms with Crippen LogP contribution in [0.2, 0.25) is 0 Å². The van der Waals surface area contributed by atoms with Gasteiger partial charge in [-0.05, 0) is 70.8 Å². The molecule has 35 heavy (non-hydrogen) atoms. The third-order valence-corrected chi connectivity index (χ3v) is 8.35. The molecule has 8 heteroatoms. The van der Waals surface area contributed by atoms with Crippen molar-refractivity contribution in [2.24, 2.45) is 0 Å². The average molecular weight is 482 g/mol. The highest BCUT2D eigenvalue weighted by molar-refractivity contribution is 5.73. The van der Waals surface area contributed by atoms with Crippen molar-refractivity contribution in [2.75, 3.05) is 19.6 Å². The summed E-state index contributed by atoms with van der Waals surface area (Å²) in [6.07, 6.45) is 15.7. The minimum atomic E-state index is 0.000920. The first-order chi connectivity index (χ1) is 17.0. The van der Waals surface area contributed by atoms with E-state index >= 15 is 0 Å². The molecule has 2 aromatic rings. The van der Waals surface area contributed by atoms with Crippen LogP contribution >= 0.6 is 0 Å². The van der Waals surface area contributed by atoms with Crippen molar-refractivity contribution >= 4 is 5.91 Å². The summed E-state index contributed by atoms with van der Waals surface area (Å²) in [5, 5.41) is 0. The molecule has 1 amide bonds. The Morgan fingerprint density at radius 3 is 2.46 bits per heavy atom. The third kappa shape index (κ3) is 5.17. The first-order valence-corrected chi connectivity index (χ1v) is 13.5. The summed E-state index contributed by atoms with van der Waals surface area (Å²) in [4.78, 5) is 34.2. The van der Waals surface area contributed by atoms with E-state index in [-0.39, 0.29) is 23.7 Å². The number of likely N-dealkylation sites (N-methyl/N-ethyl adjacent to an activating group) is 1. The number of pyridine rings is 1. The normalized spacial score (nSPS) is 25.7. The molecule has 1 unspecified atom stereocenters. The predicted octanol–water partition coefficient (Wildman–Crippen LogP) is 3.78. The molecule has 0 radical (unpaired) electrons. The molecular formula is C27H39N5O3. The number of amides is 1. The van der Waals surface area contributed by atoms with Crippen LogP contribution in [-0.4, -0.2) is 67.6 Å². The Bertz CT molecular complexity index is 1050. The summed E-state index contributed by atoms with van der Waals surface area (Å²) >= 11 is 0. The summed E-state index contributed by atoms with van der Waals surface area (Å²) in [5.41, 5.74) is 0.774. The van der Waals surface area contributed by atoms with E-state index in [1.165, 1.54) is 12.8 Å². The number of nitrogens with zero attached hydrogens (tertiary/aromatic N) is 5. The van der Waals surface area contributed by atoms with Gasteiger partial charge in [-0.3, -0.25) is 18.8 Å². The van der Waals surface area contributed by atoms with Crippen molar-refractivity contribution in [3.05, 3.63) is 41.2 Å². The van der Waals surface area contributed by atoms with Crippen LogP contribution in [0, 0.1) is 0 Å². The van der Waals surface area contributed by atoms with Crippen LogP contribution in [0.5, 0.6) is 5.88 Å². The van der Waals surface area contributed by atoms with Crippen LogP contribution in [0.1, 0.15) is 77.7 Å². The van der Waals surface area contributed by atoms with E-state index < -0.39 is 0 Å². The van der Waals surface area contributed by atoms with E-state index in [2.05, 4.69) is 16.8 Å². The Labute approximate surface area is 207 Å². The summed E-state index contributed by atoms with van der Waals surface area (Å²) in [7, 11) is 0. The molecule has 1 saturated heterocycles. The number of hydrogen-bond acceptors (Lipinski definition) is 5. The van der Waals surface area contributed by atoms with E-state index in [0.29, 0.717) is 18.0 Å². The van der Waals surface area contributed by atoms with Gasteiger partial charge in [0.05, 0.1) is 11.9 Å². The third-order valence-electron chi connectivity index (χ3n) is 8.35. The fourth-order valence-corrected chi connectivity index (χ4v) is 6.42. The largest absolute Gasteiger partial charge is 0.474 e. The van der Waals surface area contributed by atoms with Gasteiger partial charge in [0.15, 0.2) is 0 Å². The molecular weight excluding hydrogens is 442 g/mol. The van der Waals surface area contributed by atoms with Gasteiger partial charge in [-0.15, -0.1) is 0 Å². The number of imidazole rings is 1. The highest BCUT2D eigenvalue weighted by Crippen LogP contribution is 2.33. The number of hydrogen-bond donors (Lipinski definition) is 0. The molecule has 0 aromatic carbocycles. The lowest BCUT2D eigenvalue weighted by Gasteiger charge is -2.35. The lowest BCUT2D eigenvalue weighted by atomic mass is 9.90. The second-order valence-electron chi connectivity index (χ2n) is 10.4. The van der Waals surface area contributed by atoms with Gasteiger partial charge in [0.1, 0.15) is 6.10 Å². The number of ether oxygens (including phenoxy) is 1. The quantitative estimate of drug-likeness (QED) is 0.602. The van der Waals surface area contributed by atoms with Gasteiger partial charge in [0.25, 0.3) is 0 Å². The van der Waals surface area contributed by atoms with Crippen LogP contribution in [0.3, 0.4) is 0 Å². The fourth-order valence-electron chi connectivity index (χ4n) is 6.42. The van der Waals surface area contributed by atoms with Crippen molar-refractivity contribution < 1.29 is 9.53 Å². The van der Waals surface area contributed by atoms with Gasteiger partial charge in [-0.2, -0.15) is 0 Å². The maximum Gasteiger partial charge on any atom is 0.333 e. The Morgan fingerprint density at radius 1 is 1.06 bits per heavy atom. The van der Waals surface area contributed by atoms with E-state index in [1.807, 2.05) is 34.0 Å². The lowest BCUT2D eigenvalue weighted by molar-refractivity contribution is -0.130.